The summed E-state index contributed by atoms with van der Waals surface area (Å²) in [6.07, 6.45) is 1.87. The predicted octanol–water partition coefficient (Wildman–Crippen LogP) is 5.67. The number of hydrogen-bond donors (Lipinski definition) is 1. The first-order valence-corrected chi connectivity index (χ1v) is 15.9. The SMILES string of the molecule is COc1ccc(-n2nc(-c3ccc(Cl)cc3)c3c2N(CC(=O)NCC2CCCO2)C(=O)CSC3c2ccccc2OC)cc1. The lowest BCUT2D eigenvalue weighted by Gasteiger charge is -2.24. The molecule has 1 saturated heterocycles. The first-order chi connectivity index (χ1) is 21.5. The third kappa shape index (κ3) is 6.15. The second-order valence-corrected chi connectivity index (χ2v) is 12.1. The smallest absolute Gasteiger partial charge is 0.240 e. The summed E-state index contributed by atoms with van der Waals surface area (Å²) in [7, 11) is 3.25. The molecule has 2 unspecified atom stereocenters. The molecule has 2 aliphatic heterocycles. The van der Waals surface area contributed by atoms with E-state index in [1.807, 2.05) is 72.8 Å². The third-order valence-corrected chi connectivity index (χ3v) is 9.29. The number of nitrogens with one attached hydrogen (secondary N) is 1. The number of carbonyl (C=O) groups is 2. The lowest BCUT2D eigenvalue weighted by atomic mass is 9.99. The number of aromatic nitrogens is 2. The zero-order valence-corrected chi connectivity index (χ0v) is 26.1. The van der Waals surface area contributed by atoms with Crippen LogP contribution >= 0.6 is 23.4 Å². The third-order valence-electron chi connectivity index (χ3n) is 7.80. The molecule has 0 radical (unpaired) electrons. The van der Waals surface area contributed by atoms with Gasteiger partial charge in [0.05, 0.1) is 42.7 Å². The van der Waals surface area contributed by atoms with Gasteiger partial charge < -0.3 is 19.5 Å². The minimum absolute atomic E-state index is 0.0128. The quantitative estimate of drug-likeness (QED) is 0.254. The summed E-state index contributed by atoms with van der Waals surface area (Å²) in [5.41, 5.74) is 3.93. The second kappa shape index (κ2) is 13.3. The first kappa shape index (κ1) is 30.1. The van der Waals surface area contributed by atoms with Gasteiger partial charge in [-0.2, -0.15) is 5.10 Å². The monoisotopic (exact) mass is 632 g/mol. The molecule has 1 aromatic heterocycles. The predicted molar refractivity (Wildman–Crippen MR) is 172 cm³/mol. The Morgan fingerprint density at radius 3 is 2.55 bits per heavy atom. The molecule has 2 amide bonds. The number of amides is 2. The van der Waals surface area contributed by atoms with Gasteiger partial charge in [0.25, 0.3) is 0 Å². The maximum absolute atomic E-state index is 14.0. The fourth-order valence-electron chi connectivity index (χ4n) is 5.60. The van der Waals surface area contributed by atoms with Crippen molar-refractivity contribution in [3.63, 3.8) is 0 Å². The second-order valence-electron chi connectivity index (χ2n) is 10.6. The highest BCUT2D eigenvalue weighted by Crippen LogP contribution is 2.50. The Bertz CT molecular complexity index is 1640. The van der Waals surface area contributed by atoms with Crippen molar-refractivity contribution in [3.8, 4) is 28.4 Å². The van der Waals surface area contributed by atoms with Crippen molar-refractivity contribution in [2.24, 2.45) is 0 Å². The Balaban J connectivity index is 1.54. The Labute approximate surface area is 265 Å². The number of fused-ring (bicyclic) bond motifs is 1. The van der Waals surface area contributed by atoms with Crippen molar-refractivity contribution in [2.75, 3.05) is 44.6 Å². The summed E-state index contributed by atoms with van der Waals surface area (Å²) in [6.45, 7) is 0.935. The zero-order chi connectivity index (χ0) is 30.6. The average molecular weight is 633 g/mol. The highest BCUT2D eigenvalue weighted by molar-refractivity contribution is 8.00. The molecule has 44 heavy (non-hydrogen) atoms. The van der Waals surface area contributed by atoms with Crippen LogP contribution in [-0.2, 0) is 14.3 Å². The van der Waals surface area contributed by atoms with E-state index in [1.165, 1.54) is 11.8 Å². The number of rotatable bonds is 9. The molecule has 0 saturated carbocycles. The van der Waals surface area contributed by atoms with Crippen LogP contribution in [0.1, 0.15) is 29.2 Å². The normalized spacial score (nSPS) is 18.1. The van der Waals surface area contributed by atoms with Gasteiger partial charge in [0.15, 0.2) is 0 Å². The number of nitrogens with zero attached hydrogens (tertiary/aromatic N) is 3. The van der Waals surface area contributed by atoms with Crippen LogP contribution in [0.4, 0.5) is 5.82 Å². The van der Waals surface area contributed by atoms with Crippen molar-refractivity contribution in [1.29, 1.82) is 0 Å². The van der Waals surface area contributed by atoms with E-state index in [9.17, 15) is 9.59 Å². The highest BCUT2D eigenvalue weighted by Gasteiger charge is 2.38. The largest absolute Gasteiger partial charge is 0.497 e. The average Bonchev–Trinajstić information content (AvgIpc) is 3.69. The molecule has 2 atom stereocenters. The van der Waals surface area contributed by atoms with Crippen LogP contribution in [0.5, 0.6) is 11.5 Å². The number of anilines is 1. The van der Waals surface area contributed by atoms with Gasteiger partial charge in [-0.05, 0) is 55.3 Å². The van der Waals surface area contributed by atoms with Gasteiger partial charge in [-0.3, -0.25) is 14.5 Å². The summed E-state index contributed by atoms with van der Waals surface area (Å²) < 4.78 is 18.6. The van der Waals surface area contributed by atoms with E-state index in [-0.39, 0.29) is 35.5 Å². The molecule has 3 heterocycles. The molecular formula is C33H33ClN4O5S. The van der Waals surface area contributed by atoms with Gasteiger partial charge in [-0.25, -0.2) is 4.68 Å². The van der Waals surface area contributed by atoms with E-state index < -0.39 is 0 Å². The molecule has 6 rings (SSSR count). The standard InChI is InChI=1S/C33H33ClN4O5S/c1-41-24-15-13-23(14-16-24)38-33-30(31(36-38)21-9-11-22(34)12-10-21)32(26-7-3-4-8-27(26)42-2)44-20-29(40)37(33)19-28(39)35-18-25-6-5-17-43-25/h3-4,7-16,25,32H,5-6,17-20H2,1-2H3,(H,35,39). The maximum Gasteiger partial charge on any atom is 0.240 e. The van der Waals surface area contributed by atoms with Gasteiger partial charge in [-0.1, -0.05) is 41.9 Å². The molecule has 4 aromatic rings. The van der Waals surface area contributed by atoms with E-state index in [0.29, 0.717) is 46.9 Å². The van der Waals surface area contributed by atoms with Gasteiger partial charge in [-0.15, -0.1) is 11.8 Å². The Kier molecular flexibility index (Phi) is 9.11. The summed E-state index contributed by atoms with van der Waals surface area (Å²) in [5, 5.41) is 8.37. The Morgan fingerprint density at radius 2 is 1.84 bits per heavy atom. The van der Waals surface area contributed by atoms with Crippen LogP contribution in [-0.4, -0.2) is 67.4 Å². The van der Waals surface area contributed by atoms with E-state index in [2.05, 4.69) is 5.32 Å². The molecule has 9 nitrogen and oxygen atoms in total. The molecular weight excluding hydrogens is 600 g/mol. The van der Waals surface area contributed by atoms with Crippen LogP contribution < -0.4 is 19.7 Å². The summed E-state index contributed by atoms with van der Waals surface area (Å²) in [6, 6.07) is 22.7. The lowest BCUT2D eigenvalue weighted by molar-refractivity contribution is -0.123. The molecule has 1 fully saturated rings. The fourth-order valence-corrected chi connectivity index (χ4v) is 6.95. The number of methoxy groups -OCH3 is 2. The minimum Gasteiger partial charge on any atom is -0.497 e. The molecule has 228 valence electrons. The Hall–Kier alpha value is -3.99. The van der Waals surface area contributed by atoms with Crippen LogP contribution in [0.15, 0.2) is 72.8 Å². The zero-order valence-electron chi connectivity index (χ0n) is 24.5. The summed E-state index contributed by atoms with van der Waals surface area (Å²) in [5.74, 6) is 1.60. The van der Waals surface area contributed by atoms with E-state index in [4.69, 9.17) is 30.9 Å². The molecule has 0 spiro atoms. The number of thioether (sulfide) groups is 1. The van der Waals surface area contributed by atoms with Crippen molar-refractivity contribution < 1.29 is 23.8 Å². The maximum atomic E-state index is 14.0. The van der Waals surface area contributed by atoms with Crippen molar-refractivity contribution in [2.45, 2.75) is 24.2 Å². The highest BCUT2D eigenvalue weighted by atomic mass is 35.5. The number of carbonyl (C=O) groups excluding carboxylic acids is 2. The van der Waals surface area contributed by atoms with Crippen molar-refractivity contribution in [3.05, 3.63) is 88.9 Å². The number of benzene rings is 3. The fraction of sp³-hybridized carbons (Fsp3) is 0.303. The van der Waals surface area contributed by atoms with Crippen molar-refractivity contribution >= 4 is 41.0 Å². The Morgan fingerprint density at radius 1 is 1.07 bits per heavy atom. The van der Waals surface area contributed by atoms with E-state index in [0.717, 1.165) is 29.5 Å². The molecule has 1 N–H and O–H groups in total. The van der Waals surface area contributed by atoms with Crippen molar-refractivity contribution in [1.82, 2.24) is 15.1 Å². The van der Waals surface area contributed by atoms with Crippen LogP contribution in [0.25, 0.3) is 16.9 Å². The van der Waals surface area contributed by atoms with Gasteiger partial charge in [0.2, 0.25) is 11.8 Å². The molecule has 0 aliphatic carbocycles. The first-order valence-electron chi connectivity index (χ1n) is 14.4. The molecule has 3 aromatic carbocycles. The van der Waals surface area contributed by atoms with Gasteiger partial charge in [0, 0.05) is 34.9 Å². The molecule has 11 heteroatoms. The van der Waals surface area contributed by atoms with E-state index in [1.54, 1.807) is 23.8 Å². The lowest BCUT2D eigenvalue weighted by Crippen LogP contribution is -2.44. The number of ether oxygens (including phenoxy) is 3. The number of para-hydroxylation sites is 1. The minimum atomic E-state index is -0.331. The molecule has 2 aliphatic rings. The van der Waals surface area contributed by atoms with Gasteiger partial charge >= 0.3 is 0 Å². The van der Waals surface area contributed by atoms with Crippen LogP contribution in [0.2, 0.25) is 5.02 Å². The van der Waals surface area contributed by atoms with Crippen LogP contribution in [0, 0.1) is 0 Å². The van der Waals surface area contributed by atoms with Gasteiger partial charge in [0.1, 0.15) is 23.9 Å². The van der Waals surface area contributed by atoms with Crippen LogP contribution in [0.3, 0.4) is 0 Å². The number of hydrogen-bond acceptors (Lipinski definition) is 7. The van der Waals surface area contributed by atoms with E-state index >= 15 is 0 Å². The summed E-state index contributed by atoms with van der Waals surface area (Å²) >= 11 is 7.76. The topological polar surface area (TPSA) is 94.9 Å². The molecule has 0 bridgehead atoms. The summed E-state index contributed by atoms with van der Waals surface area (Å²) in [4.78, 5) is 28.9. The number of halogens is 1.